The number of anilines is 2. The Morgan fingerprint density at radius 3 is 2.08 bits per heavy atom. The Balaban J connectivity index is 1.62. The second-order valence-electron chi connectivity index (χ2n) is 9.12. The second-order valence-corrected chi connectivity index (χ2v) is 9.12. The highest BCUT2D eigenvalue weighted by molar-refractivity contribution is 6.13. The summed E-state index contributed by atoms with van der Waals surface area (Å²) < 4.78 is 0. The summed E-state index contributed by atoms with van der Waals surface area (Å²) in [6.45, 7) is 4.35. The number of hydrogen-bond donors (Lipinski definition) is 2. The average Bonchev–Trinajstić information content (AvgIpc) is 2.95. The molecule has 0 saturated carbocycles. The first-order valence-corrected chi connectivity index (χ1v) is 12.2. The largest absolute Gasteiger partial charge is 0.294 e. The smallest absolute Gasteiger partial charge is 0.282 e. The number of carbonyl (C=O) groups excluding carboxylic acids is 4. The molecule has 2 aromatic heterocycles. The van der Waals surface area contributed by atoms with Crippen molar-refractivity contribution in [1.82, 2.24) is 9.97 Å². The van der Waals surface area contributed by atoms with Crippen LogP contribution < -0.4 is 10.1 Å². The van der Waals surface area contributed by atoms with Crippen LogP contribution in [0.1, 0.15) is 72.1 Å². The van der Waals surface area contributed by atoms with Crippen molar-refractivity contribution in [2.45, 2.75) is 27.2 Å². The number of Topliss-reactive ketones (excluding diaryl/α,β-unsaturated/α-hetero) is 2. The predicted octanol–water partition coefficient (Wildman–Crippen LogP) is 4.85. The van der Waals surface area contributed by atoms with Gasteiger partial charge in [0.2, 0.25) is 0 Å². The maximum Gasteiger partial charge on any atom is 0.282 e. The van der Waals surface area contributed by atoms with Crippen molar-refractivity contribution in [3.63, 3.8) is 0 Å². The number of amides is 2. The highest BCUT2D eigenvalue weighted by Crippen LogP contribution is 2.24. The molecule has 0 aliphatic heterocycles. The summed E-state index contributed by atoms with van der Waals surface area (Å²) in [5, 5.41) is 22.3. The van der Waals surface area contributed by atoms with Gasteiger partial charge in [0.1, 0.15) is 0 Å². The number of aromatic nitrogens is 2. The lowest BCUT2D eigenvalue weighted by molar-refractivity contribution is 0.0845. The van der Waals surface area contributed by atoms with E-state index in [0.29, 0.717) is 26.9 Å². The summed E-state index contributed by atoms with van der Waals surface area (Å²) in [5.41, 5.74) is 2.33. The van der Waals surface area contributed by atoms with E-state index in [0.717, 1.165) is 0 Å². The first-order valence-electron chi connectivity index (χ1n) is 12.2. The minimum atomic E-state index is -0.792. The molecule has 2 aromatic carbocycles. The quantitative estimate of drug-likeness (QED) is 0.184. The third-order valence-corrected chi connectivity index (χ3v) is 6.26. The molecule has 0 bridgehead atoms. The van der Waals surface area contributed by atoms with E-state index in [-0.39, 0.29) is 51.6 Å². The van der Waals surface area contributed by atoms with Gasteiger partial charge in [0, 0.05) is 41.8 Å². The van der Waals surface area contributed by atoms with E-state index in [2.05, 4.69) is 9.97 Å². The van der Waals surface area contributed by atoms with Gasteiger partial charge in [0.15, 0.2) is 11.6 Å². The fourth-order valence-corrected chi connectivity index (χ4v) is 4.22. The van der Waals surface area contributed by atoms with Gasteiger partial charge in [-0.1, -0.05) is 30.3 Å². The molecule has 0 spiro atoms. The molecule has 202 valence electrons. The molecule has 4 aromatic rings. The minimum Gasteiger partial charge on any atom is -0.294 e. The summed E-state index contributed by atoms with van der Waals surface area (Å²) in [6.07, 6.45) is 4.53. The lowest BCUT2D eigenvalue weighted by Crippen LogP contribution is -2.29. The van der Waals surface area contributed by atoms with Crippen LogP contribution in [0.2, 0.25) is 0 Å². The monoisotopic (exact) mass is 538 g/mol. The zero-order valence-electron chi connectivity index (χ0n) is 22.0. The van der Waals surface area contributed by atoms with Gasteiger partial charge in [-0.05, 0) is 62.2 Å². The van der Waals surface area contributed by atoms with Crippen LogP contribution in [-0.2, 0) is 6.42 Å². The Hall–Kier alpha value is -5.06. The summed E-state index contributed by atoms with van der Waals surface area (Å²) in [7, 11) is 0. The highest BCUT2D eigenvalue weighted by atomic mass is 16.5. The van der Waals surface area contributed by atoms with Gasteiger partial charge in [-0.3, -0.25) is 39.6 Å². The van der Waals surface area contributed by atoms with Crippen LogP contribution in [0.15, 0.2) is 79.3 Å². The maximum atomic E-state index is 13.2. The standard InChI is InChI=1S/C30H26N4O6/c1-18-17-31-12-11-28(18)34(40)30(38)27-15-21(8-9-25(27)20(3)36)14-22-16-23(10-13-32-22)33(39)29(37)26-7-5-4-6-24(26)19(2)35/h4-13,15-17,39-40H,14H2,1-3H3. The molecular weight excluding hydrogens is 512 g/mol. The zero-order valence-corrected chi connectivity index (χ0v) is 22.0. The molecule has 10 heteroatoms. The molecule has 0 radical (unpaired) electrons. The Bertz CT molecular complexity index is 1630. The van der Waals surface area contributed by atoms with Gasteiger partial charge in [-0.25, -0.2) is 0 Å². The van der Waals surface area contributed by atoms with Gasteiger partial charge >= 0.3 is 0 Å². The molecule has 40 heavy (non-hydrogen) atoms. The minimum absolute atomic E-state index is 0.000306. The van der Waals surface area contributed by atoms with Crippen molar-refractivity contribution in [2.24, 2.45) is 0 Å². The number of hydrogen-bond acceptors (Lipinski definition) is 8. The molecule has 2 N–H and O–H groups in total. The molecule has 0 aliphatic rings. The van der Waals surface area contributed by atoms with Crippen molar-refractivity contribution in [3.8, 4) is 0 Å². The molecule has 2 heterocycles. The SMILES string of the molecule is CC(=O)c1ccccc1C(=O)N(O)c1ccnc(Cc2ccc(C(C)=O)c(C(=O)N(O)c3ccncc3C)c2)c1. The first-order chi connectivity index (χ1) is 19.1. The molecule has 0 aliphatic carbocycles. The van der Waals surface area contributed by atoms with Crippen LogP contribution >= 0.6 is 0 Å². The molecule has 4 rings (SSSR count). The summed E-state index contributed by atoms with van der Waals surface area (Å²) in [4.78, 5) is 58.7. The van der Waals surface area contributed by atoms with E-state index in [1.165, 1.54) is 74.9 Å². The lowest BCUT2D eigenvalue weighted by atomic mass is 9.98. The maximum absolute atomic E-state index is 13.2. The van der Waals surface area contributed by atoms with E-state index in [1.54, 1.807) is 25.1 Å². The Morgan fingerprint density at radius 2 is 1.40 bits per heavy atom. The number of pyridine rings is 2. The van der Waals surface area contributed by atoms with Gasteiger partial charge in [-0.15, -0.1) is 0 Å². The zero-order chi connectivity index (χ0) is 29.0. The van der Waals surface area contributed by atoms with Gasteiger partial charge in [-0.2, -0.15) is 10.1 Å². The van der Waals surface area contributed by atoms with Crippen LogP contribution in [0.4, 0.5) is 11.4 Å². The van der Waals surface area contributed by atoms with Crippen molar-refractivity contribution >= 4 is 34.8 Å². The van der Waals surface area contributed by atoms with Crippen LogP contribution in [-0.4, -0.2) is 43.8 Å². The van der Waals surface area contributed by atoms with Crippen LogP contribution in [0, 0.1) is 6.92 Å². The fraction of sp³-hybridized carbons (Fsp3) is 0.133. The molecular formula is C30H26N4O6. The van der Waals surface area contributed by atoms with Gasteiger partial charge in [0.25, 0.3) is 11.8 Å². The fourth-order valence-electron chi connectivity index (χ4n) is 4.22. The van der Waals surface area contributed by atoms with Crippen molar-refractivity contribution in [3.05, 3.63) is 118 Å². The third-order valence-electron chi connectivity index (χ3n) is 6.26. The lowest BCUT2D eigenvalue weighted by Gasteiger charge is -2.19. The molecule has 0 unspecified atom stereocenters. The Morgan fingerprint density at radius 1 is 0.750 bits per heavy atom. The summed E-state index contributed by atoms with van der Waals surface area (Å²) >= 11 is 0. The van der Waals surface area contributed by atoms with Crippen molar-refractivity contribution in [1.29, 1.82) is 0 Å². The van der Waals surface area contributed by atoms with E-state index in [1.807, 2.05) is 0 Å². The number of rotatable bonds is 8. The predicted molar refractivity (Wildman–Crippen MR) is 146 cm³/mol. The number of nitrogens with zero attached hydrogens (tertiary/aromatic N) is 4. The van der Waals surface area contributed by atoms with Gasteiger partial charge in [0.05, 0.1) is 22.5 Å². The Kier molecular flexibility index (Phi) is 8.23. The molecule has 0 fully saturated rings. The first kappa shape index (κ1) is 28.0. The Labute approximate surface area is 230 Å². The second kappa shape index (κ2) is 11.8. The van der Waals surface area contributed by atoms with E-state index < -0.39 is 11.8 Å². The number of ketones is 2. The molecule has 0 atom stereocenters. The number of aryl methyl sites for hydroxylation is 1. The average molecular weight is 539 g/mol. The third kappa shape index (κ3) is 5.83. The number of carbonyl (C=O) groups is 4. The number of hydroxylamine groups is 2. The van der Waals surface area contributed by atoms with E-state index in [4.69, 9.17) is 0 Å². The van der Waals surface area contributed by atoms with E-state index in [9.17, 15) is 29.6 Å². The number of benzene rings is 2. The van der Waals surface area contributed by atoms with Crippen LogP contribution in [0.25, 0.3) is 0 Å². The molecule has 10 nitrogen and oxygen atoms in total. The topological polar surface area (TPSA) is 141 Å². The highest BCUT2D eigenvalue weighted by Gasteiger charge is 2.24. The normalized spacial score (nSPS) is 10.6. The van der Waals surface area contributed by atoms with E-state index >= 15 is 0 Å². The molecule has 0 saturated heterocycles. The van der Waals surface area contributed by atoms with Crippen molar-refractivity contribution < 1.29 is 29.6 Å². The van der Waals surface area contributed by atoms with Crippen molar-refractivity contribution in [2.75, 3.05) is 10.1 Å². The summed E-state index contributed by atoms with van der Waals surface area (Å²) in [5.74, 6) is -2.24. The van der Waals surface area contributed by atoms with Crippen LogP contribution in [0.5, 0.6) is 0 Å². The molecule has 2 amide bonds. The summed E-state index contributed by atoms with van der Waals surface area (Å²) in [6, 6.07) is 15.3. The van der Waals surface area contributed by atoms with Gasteiger partial charge < -0.3 is 0 Å². The van der Waals surface area contributed by atoms with Crippen LogP contribution in [0.3, 0.4) is 0 Å².